The molecule has 0 saturated carbocycles. The number of fused-ring (bicyclic) bond motifs is 1. The van der Waals surface area contributed by atoms with E-state index in [1.165, 1.54) is 6.33 Å². The van der Waals surface area contributed by atoms with Crippen molar-refractivity contribution in [1.29, 1.82) is 0 Å². The van der Waals surface area contributed by atoms with Crippen molar-refractivity contribution in [3.05, 3.63) is 30.6 Å². The third-order valence-corrected chi connectivity index (χ3v) is 4.10. The number of anilines is 2. The van der Waals surface area contributed by atoms with E-state index in [2.05, 4.69) is 36.1 Å². The van der Waals surface area contributed by atoms with Gasteiger partial charge in [-0.3, -0.25) is 0 Å². The van der Waals surface area contributed by atoms with Gasteiger partial charge in [0.25, 0.3) is 0 Å². The number of benzene rings is 1. The van der Waals surface area contributed by atoms with Crippen molar-refractivity contribution in [3.8, 4) is 5.75 Å². The van der Waals surface area contributed by atoms with Crippen molar-refractivity contribution in [2.24, 2.45) is 3.95 Å². The standard InChI is InChI=1S/C14H19IN6O2.Al/c1-21(2)5-3-4-13(22)20-11-6-9-10(7-12(11)23-15-17)18-8-19-14(9)16;/h3-4,6-8,13,20,22H,5,17H2,1-2H3,(H-,16,18,19);/q-2;+1/b4-3+;. The monoisotopic (exact) mass is 457 g/mol. The molecule has 0 fully saturated rings. The van der Waals surface area contributed by atoms with E-state index < -0.39 is 28.1 Å². The Hall–Kier alpha value is -1.16. The Balaban J connectivity index is 2.32. The Kier molecular flexibility index (Phi) is 7.48. The third-order valence-electron chi connectivity index (χ3n) is 3.09. The van der Waals surface area contributed by atoms with Crippen LogP contribution in [0.1, 0.15) is 0 Å². The topological polar surface area (TPSA) is 109 Å². The fourth-order valence-electron chi connectivity index (χ4n) is 2.03. The summed E-state index contributed by atoms with van der Waals surface area (Å²) in [6.45, 7) is 0.739. The molecule has 0 aliphatic carbocycles. The first-order valence-electron chi connectivity index (χ1n) is 7.07. The van der Waals surface area contributed by atoms with Gasteiger partial charge in [-0.1, -0.05) is 0 Å². The summed E-state index contributed by atoms with van der Waals surface area (Å²) >= 11 is 1.50. The fraction of sp³-hybridized carbons (Fsp3) is 0.286. The van der Waals surface area contributed by atoms with Crippen molar-refractivity contribution in [3.63, 3.8) is 0 Å². The van der Waals surface area contributed by atoms with Gasteiger partial charge in [-0.25, -0.2) is 0 Å². The number of aliphatic hydroxyl groups excluding tert-OH is 1. The van der Waals surface area contributed by atoms with E-state index in [4.69, 9.17) is 7.01 Å². The first-order valence-corrected chi connectivity index (χ1v) is 9.77. The molecular formula is C14H19AlIN6O2-. The second-order valence-corrected chi connectivity index (χ2v) is 6.42. The Bertz CT molecular complexity index is 715. The molecule has 1 atom stereocenters. The minimum atomic E-state index is -0.912. The Morgan fingerprint density at radius 3 is 2.92 bits per heavy atom. The summed E-state index contributed by atoms with van der Waals surface area (Å²) < 4.78 is 14.1. The molecule has 1 heterocycles. The van der Waals surface area contributed by atoms with Crippen LogP contribution in [0.15, 0.2) is 30.6 Å². The summed E-state index contributed by atoms with van der Waals surface area (Å²) in [4.78, 5) is 10.4. The van der Waals surface area contributed by atoms with Crippen LogP contribution < -0.4 is 38.5 Å². The molecule has 24 heavy (non-hydrogen) atoms. The van der Waals surface area contributed by atoms with Gasteiger partial charge >= 0.3 is 161 Å². The predicted molar refractivity (Wildman–Crippen MR) is 91.1 cm³/mol. The molecule has 1 aromatic carbocycles. The Labute approximate surface area is 160 Å². The Morgan fingerprint density at radius 1 is 1.46 bits per heavy atom. The molecule has 0 bridgehead atoms. The molecule has 0 amide bonds. The molecule has 0 aliphatic heterocycles. The summed E-state index contributed by atoms with van der Waals surface area (Å²) in [5, 5.41) is 14.0. The molecule has 2 radical (unpaired) electrons. The molecular weight excluding hydrogens is 438 g/mol. The summed E-state index contributed by atoms with van der Waals surface area (Å²) in [6.07, 6.45) is 4.19. The van der Waals surface area contributed by atoms with Gasteiger partial charge in [-0.05, 0) is 0 Å². The number of aliphatic hydroxyl groups is 1. The number of nitrogens with one attached hydrogen (secondary N) is 2. The van der Waals surface area contributed by atoms with Crippen molar-refractivity contribution < 1.29 is 30.1 Å². The maximum atomic E-state index is 10.2. The van der Waals surface area contributed by atoms with E-state index in [-0.39, 0.29) is 0 Å². The fourth-order valence-corrected chi connectivity index (χ4v) is 2.90. The van der Waals surface area contributed by atoms with Crippen LogP contribution in [0.2, 0.25) is 0 Å². The maximum absolute atomic E-state index is 10.2. The number of hydrogen-bond donors (Lipinski definition) is 4. The molecule has 5 N–H and O–H groups in total. The van der Waals surface area contributed by atoms with E-state index in [0.717, 1.165) is 17.4 Å². The van der Waals surface area contributed by atoms with Crippen LogP contribution in [0.5, 0.6) is 5.75 Å². The zero-order valence-electron chi connectivity index (χ0n) is 13.4. The van der Waals surface area contributed by atoms with Crippen LogP contribution in [-0.4, -0.2) is 63.4 Å². The van der Waals surface area contributed by atoms with E-state index in [1.807, 2.05) is 31.1 Å². The number of rotatable bonds is 8. The van der Waals surface area contributed by atoms with Crippen LogP contribution in [0, 0.1) is 0 Å². The summed E-state index contributed by atoms with van der Waals surface area (Å²) in [5.41, 5.74) is 1.36. The predicted octanol–water partition coefficient (Wildman–Crippen LogP) is -2.77. The van der Waals surface area contributed by atoms with Gasteiger partial charge in [0.15, 0.2) is 0 Å². The van der Waals surface area contributed by atoms with Crippen LogP contribution in [0.25, 0.3) is 10.9 Å². The van der Waals surface area contributed by atoms with Gasteiger partial charge in [-0.2, -0.15) is 0 Å². The SMILES string of the molecule is CN(C)C/C=C/C(O)Nc1cc2c([NH][Al])ncnc2cc1O[I-]N. The van der Waals surface area contributed by atoms with Crippen LogP contribution in [0.3, 0.4) is 0 Å². The van der Waals surface area contributed by atoms with Gasteiger partial charge in [0.05, 0.1) is 0 Å². The van der Waals surface area contributed by atoms with Crippen molar-refractivity contribution >= 4 is 38.9 Å². The molecule has 0 spiro atoms. The molecule has 10 heteroatoms. The molecule has 0 aliphatic rings. The Morgan fingerprint density at radius 2 is 2.25 bits per heavy atom. The molecule has 2 aromatic rings. The number of nitrogens with two attached hydrogens (primary N) is 1. The van der Waals surface area contributed by atoms with Crippen LogP contribution in [-0.2, 0) is 0 Å². The molecule has 1 aromatic heterocycles. The van der Waals surface area contributed by atoms with Crippen LogP contribution >= 0.6 is 0 Å². The molecule has 2 rings (SSSR count). The van der Waals surface area contributed by atoms with Gasteiger partial charge in [0, 0.05) is 0 Å². The van der Waals surface area contributed by atoms with E-state index >= 15 is 0 Å². The second kappa shape index (κ2) is 9.36. The average molecular weight is 457 g/mol. The molecule has 128 valence electrons. The van der Waals surface area contributed by atoms with Crippen molar-refractivity contribution in [2.75, 3.05) is 30.3 Å². The first kappa shape index (κ1) is 19.2. The van der Waals surface area contributed by atoms with Gasteiger partial charge < -0.3 is 0 Å². The van der Waals surface area contributed by atoms with Crippen molar-refractivity contribution in [2.45, 2.75) is 6.23 Å². The van der Waals surface area contributed by atoms with E-state index in [1.54, 1.807) is 12.1 Å². The van der Waals surface area contributed by atoms with Crippen molar-refractivity contribution in [1.82, 2.24) is 14.9 Å². The quantitative estimate of drug-likeness (QED) is 0.111. The van der Waals surface area contributed by atoms with Crippen LogP contribution in [0.4, 0.5) is 11.5 Å². The van der Waals surface area contributed by atoms with E-state index in [9.17, 15) is 5.11 Å². The summed E-state index contributed by atoms with van der Waals surface area (Å²) in [5.74, 6) is 1.23. The number of halogens is 1. The summed E-state index contributed by atoms with van der Waals surface area (Å²) in [6, 6.07) is 3.62. The number of hydrogen-bond acceptors (Lipinski definition) is 8. The van der Waals surface area contributed by atoms with E-state index in [0.29, 0.717) is 17.3 Å². The molecule has 1 unspecified atom stereocenters. The zero-order chi connectivity index (χ0) is 17.5. The van der Waals surface area contributed by atoms with Gasteiger partial charge in [0.2, 0.25) is 0 Å². The summed E-state index contributed by atoms with van der Waals surface area (Å²) in [7, 11) is 3.92. The molecule has 8 nitrogen and oxygen atoms in total. The number of aromatic nitrogens is 2. The number of nitrogens with zero attached hydrogens (tertiary/aromatic N) is 3. The number of likely N-dealkylation sites (N-methyl/N-ethyl adjacent to an activating group) is 1. The molecule has 0 saturated heterocycles. The van der Waals surface area contributed by atoms with Gasteiger partial charge in [0.1, 0.15) is 0 Å². The second-order valence-electron chi connectivity index (χ2n) is 5.18. The zero-order valence-corrected chi connectivity index (χ0v) is 16.7. The third kappa shape index (κ3) is 5.17. The minimum absolute atomic E-state index is 0.561. The van der Waals surface area contributed by atoms with Gasteiger partial charge in [-0.15, -0.1) is 0 Å². The first-order chi connectivity index (χ1) is 11.5. The average Bonchev–Trinajstić information content (AvgIpc) is 2.54. The normalized spacial score (nSPS) is 12.9.